The van der Waals surface area contributed by atoms with Crippen LogP contribution in [0.1, 0.15) is 50.4 Å². The SMILES string of the molecule is CC1CC(C)CN(CC(C)Nc2ccc(C(=O)NC3CC3)cc2[N+](=O)[O-])C1. The molecule has 1 aliphatic carbocycles. The van der Waals surface area contributed by atoms with Crippen LogP contribution >= 0.6 is 0 Å². The summed E-state index contributed by atoms with van der Waals surface area (Å²) in [6.45, 7) is 9.57. The number of nitro groups is 1. The molecule has 1 amide bonds. The molecule has 3 unspecified atom stereocenters. The van der Waals surface area contributed by atoms with Crippen molar-refractivity contribution >= 4 is 17.3 Å². The summed E-state index contributed by atoms with van der Waals surface area (Å²) in [6, 6.07) is 4.98. The van der Waals surface area contributed by atoms with Crippen LogP contribution in [0.25, 0.3) is 0 Å². The van der Waals surface area contributed by atoms with Crippen molar-refractivity contribution in [3.05, 3.63) is 33.9 Å². The van der Waals surface area contributed by atoms with Gasteiger partial charge in [0.15, 0.2) is 0 Å². The average Bonchev–Trinajstić information content (AvgIpc) is 3.37. The second-order valence-electron chi connectivity index (χ2n) is 8.45. The second kappa shape index (κ2) is 8.25. The van der Waals surface area contributed by atoms with Crippen molar-refractivity contribution in [1.82, 2.24) is 10.2 Å². The molecule has 1 saturated carbocycles. The number of benzene rings is 1. The van der Waals surface area contributed by atoms with Crippen molar-refractivity contribution in [2.75, 3.05) is 25.0 Å². The fourth-order valence-electron chi connectivity index (χ4n) is 4.08. The minimum atomic E-state index is -0.423. The van der Waals surface area contributed by atoms with E-state index in [2.05, 4.69) is 29.4 Å². The van der Waals surface area contributed by atoms with Crippen LogP contribution < -0.4 is 10.6 Å². The van der Waals surface area contributed by atoms with Crippen LogP contribution in [0.2, 0.25) is 0 Å². The zero-order valence-electron chi connectivity index (χ0n) is 16.4. The number of rotatable bonds is 7. The zero-order chi connectivity index (χ0) is 19.6. The maximum absolute atomic E-state index is 12.2. The summed E-state index contributed by atoms with van der Waals surface area (Å²) in [4.78, 5) is 25.7. The number of carbonyl (C=O) groups is 1. The van der Waals surface area contributed by atoms with E-state index < -0.39 is 4.92 Å². The van der Waals surface area contributed by atoms with E-state index in [1.54, 1.807) is 12.1 Å². The van der Waals surface area contributed by atoms with E-state index in [4.69, 9.17) is 0 Å². The third kappa shape index (κ3) is 5.42. The molecule has 0 aromatic heterocycles. The van der Waals surface area contributed by atoms with Gasteiger partial charge in [-0.1, -0.05) is 13.8 Å². The number of likely N-dealkylation sites (tertiary alicyclic amines) is 1. The molecule has 1 saturated heterocycles. The molecular formula is C20H30N4O3. The van der Waals surface area contributed by atoms with Crippen LogP contribution in [0.15, 0.2) is 18.2 Å². The molecule has 2 aliphatic rings. The van der Waals surface area contributed by atoms with E-state index in [0.29, 0.717) is 23.1 Å². The Morgan fingerprint density at radius 3 is 2.56 bits per heavy atom. The lowest BCUT2D eigenvalue weighted by Gasteiger charge is -2.36. The van der Waals surface area contributed by atoms with Crippen LogP contribution in [0.5, 0.6) is 0 Å². The van der Waals surface area contributed by atoms with Crippen LogP contribution in [0.4, 0.5) is 11.4 Å². The summed E-state index contributed by atoms with van der Waals surface area (Å²) in [5, 5.41) is 17.7. The highest BCUT2D eigenvalue weighted by Gasteiger charge is 2.26. The first-order valence-electron chi connectivity index (χ1n) is 9.90. The maximum Gasteiger partial charge on any atom is 0.293 e. The summed E-state index contributed by atoms with van der Waals surface area (Å²) in [5.74, 6) is 1.12. The van der Waals surface area contributed by atoms with Gasteiger partial charge >= 0.3 is 0 Å². The lowest BCUT2D eigenvalue weighted by molar-refractivity contribution is -0.384. The summed E-state index contributed by atoms with van der Waals surface area (Å²) in [6.07, 6.45) is 3.23. The third-order valence-electron chi connectivity index (χ3n) is 5.25. The summed E-state index contributed by atoms with van der Waals surface area (Å²) < 4.78 is 0. The maximum atomic E-state index is 12.2. The van der Waals surface area contributed by atoms with E-state index in [0.717, 1.165) is 32.5 Å². The Morgan fingerprint density at radius 2 is 1.96 bits per heavy atom. The van der Waals surface area contributed by atoms with Crippen molar-refractivity contribution in [2.24, 2.45) is 11.8 Å². The number of nitro benzene ring substituents is 1. The van der Waals surface area contributed by atoms with Crippen molar-refractivity contribution < 1.29 is 9.72 Å². The minimum absolute atomic E-state index is 0.0503. The largest absolute Gasteiger partial charge is 0.376 e. The first-order chi connectivity index (χ1) is 12.8. The molecule has 27 heavy (non-hydrogen) atoms. The van der Waals surface area contributed by atoms with Crippen LogP contribution in [0, 0.1) is 22.0 Å². The van der Waals surface area contributed by atoms with Crippen molar-refractivity contribution in [3.63, 3.8) is 0 Å². The monoisotopic (exact) mass is 374 g/mol. The molecule has 0 spiro atoms. The van der Waals surface area contributed by atoms with Crippen molar-refractivity contribution in [3.8, 4) is 0 Å². The number of nitrogens with zero attached hydrogens (tertiary/aromatic N) is 2. The van der Waals surface area contributed by atoms with Crippen molar-refractivity contribution in [2.45, 2.75) is 52.1 Å². The number of hydrogen-bond acceptors (Lipinski definition) is 5. The summed E-state index contributed by atoms with van der Waals surface area (Å²) in [5.41, 5.74) is 0.754. The predicted molar refractivity (Wildman–Crippen MR) is 106 cm³/mol. The number of piperidine rings is 1. The third-order valence-corrected chi connectivity index (χ3v) is 5.25. The van der Waals surface area contributed by atoms with E-state index in [-0.39, 0.29) is 23.7 Å². The van der Waals surface area contributed by atoms with Crippen LogP contribution in [-0.2, 0) is 0 Å². The molecule has 148 valence electrons. The summed E-state index contributed by atoms with van der Waals surface area (Å²) >= 11 is 0. The molecule has 0 bridgehead atoms. The Kier molecular flexibility index (Phi) is 5.99. The van der Waals surface area contributed by atoms with Crippen molar-refractivity contribution in [1.29, 1.82) is 0 Å². The van der Waals surface area contributed by atoms with Crippen LogP contribution in [-0.4, -0.2) is 47.4 Å². The first-order valence-corrected chi connectivity index (χ1v) is 9.90. The molecule has 1 aliphatic heterocycles. The van der Waals surface area contributed by atoms with Gasteiger partial charge in [0.25, 0.3) is 11.6 Å². The molecule has 0 radical (unpaired) electrons. The van der Waals surface area contributed by atoms with Crippen LogP contribution in [0.3, 0.4) is 0 Å². The molecule has 1 aromatic carbocycles. The van der Waals surface area contributed by atoms with Gasteiger partial charge in [-0.15, -0.1) is 0 Å². The normalized spacial score (nSPS) is 24.3. The first kappa shape index (κ1) is 19.6. The topological polar surface area (TPSA) is 87.5 Å². The van der Waals surface area contributed by atoms with E-state index >= 15 is 0 Å². The molecule has 7 heteroatoms. The van der Waals surface area contributed by atoms with E-state index in [9.17, 15) is 14.9 Å². The highest BCUT2D eigenvalue weighted by molar-refractivity contribution is 5.96. The van der Waals surface area contributed by atoms with Gasteiger partial charge in [0, 0.05) is 43.3 Å². The highest BCUT2D eigenvalue weighted by Crippen LogP contribution is 2.28. The Bertz CT molecular complexity index is 694. The van der Waals surface area contributed by atoms with Gasteiger partial charge in [0.2, 0.25) is 0 Å². The van der Waals surface area contributed by atoms with Gasteiger partial charge in [0.1, 0.15) is 5.69 Å². The zero-order valence-corrected chi connectivity index (χ0v) is 16.4. The quantitative estimate of drug-likeness (QED) is 0.565. The van der Waals surface area contributed by atoms with E-state index in [1.807, 2.05) is 6.92 Å². The van der Waals surface area contributed by atoms with Gasteiger partial charge in [-0.3, -0.25) is 14.9 Å². The molecular weight excluding hydrogens is 344 g/mol. The number of amides is 1. The molecule has 2 fully saturated rings. The molecule has 3 rings (SSSR count). The Hall–Kier alpha value is -2.15. The number of hydrogen-bond donors (Lipinski definition) is 2. The molecule has 1 heterocycles. The average molecular weight is 374 g/mol. The molecule has 3 atom stereocenters. The highest BCUT2D eigenvalue weighted by atomic mass is 16.6. The van der Waals surface area contributed by atoms with Gasteiger partial charge in [0.05, 0.1) is 4.92 Å². The van der Waals surface area contributed by atoms with Gasteiger partial charge in [-0.25, -0.2) is 0 Å². The van der Waals surface area contributed by atoms with Gasteiger partial charge in [-0.2, -0.15) is 0 Å². The number of anilines is 1. The molecule has 1 aromatic rings. The lowest BCUT2D eigenvalue weighted by atomic mass is 9.92. The minimum Gasteiger partial charge on any atom is -0.376 e. The summed E-state index contributed by atoms with van der Waals surface area (Å²) in [7, 11) is 0. The Labute approximate surface area is 160 Å². The molecule has 7 nitrogen and oxygen atoms in total. The number of carbonyl (C=O) groups excluding carboxylic acids is 1. The fourth-order valence-corrected chi connectivity index (χ4v) is 4.08. The number of nitrogens with one attached hydrogen (secondary N) is 2. The smallest absolute Gasteiger partial charge is 0.293 e. The standard InChI is InChI=1S/C20H30N4O3/c1-13-8-14(2)11-23(10-13)12-15(3)21-18-7-4-16(9-19(18)24(26)27)20(25)22-17-5-6-17/h4,7,9,13-15,17,21H,5-6,8,10-12H2,1-3H3,(H,22,25). The Balaban J connectivity index is 1.65. The molecule has 2 N–H and O–H groups in total. The Morgan fingerprint density at radius 1 is 1.30 bits per heavy atom. The lowest BCUT2D eigenvalue weighted by Crippen LogP contribution is -2.43. The van der Waals surface area contributed by atoms with Gasteiger partial charge < -0.3 is 15.5 Å². The van der Waals surface area contributed by atoms with E-state index in [1.165, 1.54) is 12.5 Å². The fraction of sp³-hybridized carbons (Fsp3) is 0.650. The predicted octanol–water partition coefficient (Wildman–Crippen LogP) is 3.27. The van der Waals surface area contributed by atoms with Gasteiger partial charge in [-0.05, 0) is 50.2 Å². The second-order valence-corrected chi connectivity index (χ2v) is 8.45.